The number of aliphatic hydroxyl groups excluding tert-OH is 1. The zero-order valence-electron chi connectivity index (χ0n) is 17.2. The van der Waals surface area contributed by atoms with Crippen LogP contribution in [0.25, 0.3) is 0 Å². The third-order valence-corrected chi connectivity index (χ3v) is 8.17. The molecule has 3 aliphatic rings. The maximum absolute atomic E-state index is 10.5. The Labute approximate surface area is 164 Å². The molecule has 0 spiro atoms. The van der Waals surface area contributed by atoms with Gasteiger partial charge >= 0.3 is 0 Å². The number of rotatable bonds is 6. The fourth-order valence-electron chi connectivity index (χ4n) is 5.79. The van der Waals surface area contributed by atoms with Gasteiger partial charge in [0.15, 0.2) is 0 Å². The number of benzene rings is 1. The van der Waals surface area contributed by atoms with Crippen LogP contribution in [0, 0.1) is 16.7 Å². The molecule has 0 unspecified atom stereocenters. The number of aliphatic hydroxyl groups is 1. The Balaban J connectivity index is 1.21. The lowest BCUT2D eigenvalue weighted by Gasteiger charge is -2.39. The monoisotopic (exact) mass is 372 g/mol. The second-order valence-electron chi connectivity index (χ2n) is 9.71. The van der Waals surface area contributed by atoms with E-state index < -0.39 is 0 Å². The van der Waals surface area contributed by atoms with Crippen LogP contribution in [0.15, 0.2) is 30.3 Å². The first-order chi connectivity index (χ1) is 12.9. The molecule has 1 heterocycles. The number of anilines is 1. The quantitative estimate of drug-likeness (QED) is 0.830. The van der Waals surface area contributed by atoms with E-state index in [4.69, 9.17) is 4.74 Å². The molecule has 2 saturated carbocycles. The summed E-state index contributed by atoms with van der Waals surface area (Å²) in [6.45, 7) is 12.5. The van der Waals surface area contributed by atoms with Crippen molar-refractivity contribution in [2.75, 3.05) is 44.2 Å². The van der Waals surface area contributed by atoms with Crippen LogP contribution in [0.1, 0.15) is 40.0 Å². The average Bonchev–Trinajstić information content (AvgIpc) is 3.01. The van der Waals surface area contributed by atoms with E-state index in [1.54, 1.807) is 0 Å². The number of para-hydroxylation sites is 1. The first-order valence-electron chi connectivity index (χ1n) is 10.7. The summed E-state index contributed by atoms with van der Waals surface area (Å²) in [6, 6.07) is 10.6. The van der Waals surface area contributed by atoms with Crippen LogP contribution in [0.4, 0.5) is 5.69 Å². The van der Waals surface area contributed by atoms with Crippen molar-refractivity contribution < 1.29 is 9.84 Å². The molecule has 0 radical (unpaired) electrons. The summed E-state index contributed by atoms with van der Waals surface area (Å²) >= 11 is 0. The molecule has 1 N–H and O–H groups in total. The minimum atomic E-state index is -0.390. The summed E-state index contributed by atoms with van der Waals surface area (Å²) < 4.78 is 6.28. The Morgan fingerprint density at radius 3 is 2.41 bits per heavy atom. The van der Waals surface area contributed by atoms with E-state index in [1.807, 2.05) is 0 Å². The minimum Gasteiger partial charge on any atom is -0.389 e. The predicted molar refractivity (Wildman–Crippen MR) is 110 cm³/mol. The summed E-state index contributed by atoms with van der Waals surface area (Å²) in [6.07, 6.45) is 3.71. The average molecular weight is 373 g/mol. The van der Waals surface area contributed by atoms with Gasteiger partial charge in [-0.3, -0.25) is 4.90 Å². The van der Waals surface area contributed by atoms with Crippen molar-refractivity contribution in [3.05, 3.63) is 30.3 Å². The van der Waals surface area contributed by atoms with Crippen molar-refractivity contribution in [2.24, 2.45) is 16.7 Å². The number of nitrogens with zero attached hydrogens (tertiary/aromatic N) is 2. The standard InChI is InChI=1S/C23H36N2O2/c1-22(2)18-9-10-23(22,3)21(15-18)27-17-20(26)16-24-11-13-25(14-12-24)19-7-5-4-6-8-19/h4-8,18,20-21,26H,9-17H2,1-3H3/t18-,20-,21-,23-/m0/s1. The van der Waals surface area contributed by atoms with Crippen molar-refractivity contribution in [2.45, 2.75) is 52.2 Å². The molecule has 4 atom stereocenters. The van der Waals surface area contributed by atoms with Gasteiger partial charge in [-0.2, -0.15) is 0 Å². The largest absolute Gasteiger partial charge is 0.389 e. The Morgan fingerprint density at radius 2 is 1.81 bits per heavy atom. The second-order valence-corrected chi connectivity index (χ2v) is 9.71. The van der Waals surface area contributed by atoms with E-state index in [0.29, 0.717) is 18.1 Å². The van der Waals surface area contributed by atoms with E-state index in [1.165, 1.54) is 24.9 Å². The summed E-state index contributed by atoms with van der Waals surface area (Å²) in [5.41, 5.74) is 1.95. The maximum Gasteiger partial charge on any atom is 0.0900 e. The molecule has 4 nitrogen and oxygen atoms in total. The normalized spacial score (nSPS) is 34.1. The summed E-state index contributed by atoms with van der Waals surface area (Å²) in [4.78, 5) is 4.80. The first-order valence-corrected chi connectivity index (χ1v) is 10.7. The van der Waals surface area contributed by atoms with Crippen LogP contribution in [0.2, 0.25) is 0 Å². The first kappa shape index (κ1) is 19.2. The van der Waals surface area contributed by atoms with E-state index in [2.05, 4.69) is 60.9 Å². The molecule has 150 valence electrons. The molecule has 2 aliphatic carbocycles. The van der Waals surface area contributed by atoms with Gasteiger partial charge < -0.3 is 14.7 Å². The Hall–Kier alpha value is -1.10. The molecule has 1 aliphatic heterocycles. The summed E-state index contributed by atoms with van der Waals surface area (Å²) in [5.74, 6) is 0.788. The topological polar surface area (TPSA) is 35.9 Å². The smallest absolute Gasteiger partial charge is 0.0900 e. The SMILES string of the molecule is CC1(C)[C@H]2CC[C@@]1(C)[C@@H](OC[C@@H](O)CN1CCN(c3ccccc3)CC1)C2. The number of ether oxygens (including phenoxy) is 1. The number of β-amino-alcohol motifs (C(OH)–C–C–N with tert-alkyl or cyclic N) is 1. The lowest BCUT2D eigenvalue weighted by molar-refractivity contribution is -0.0794. The molecule has 1 aromatic rings. The lowest BCUT2D eigenvalue weighted by atomic mass is 9.70. The zero-order chi connectivity index (χ0) is 19.1. The third kappa shape index (κ3) is 3.52. The van der Waals surface area contributed by atoms with Gasteiger partial charge in [0, 0.05) is 38.4 Å². The van der Waals surface area contributed by atoms with Crippen molar-refractivity contribution in [1.29, 1.82) is 0 Å². The Kier molecular flexibility index (Phi) is 5.26. The van der Waals surface area contributed by atoms with Gasteiger partial charge in [0.1, 0.15) is 0 Å². The van der Waals surface area contributed by atoms with Crippen LogP contribution < -0.4 is 4.90 Å². The number of piperazine rings is 1. The lowest BCUT2D eigenvalue weighted by Crippen LogP contribution is -2.49. The number of hydrogen-bond acceptors (Lipinski definition) is 4. The van der Waals surface area contributed by atoms with Crippen molar-refractivity contribution in [3.63, 3.8) is 0 Å². The predicted octanol–water partition coefficient (Wildman–Crippen LogP) is 3.40. The highest BCUT2D eigenvalue weighted by atomic mass is 16.5. The molecule has 0 aromatic heterocycles. The van der Waals surface area contributed by atoms with E-state index in [-0.39, 0.29) is 11.5 Å². The van der Waals surface area contributed by atoms with Gasteiger partial charge in [-0.1, -0.05) is 39.0 Å². The third-order valence-electron chi connectivity index (χ3n) is 8.17. The Bertz CT molecular complexity index is 627. The Morgan fingerprint density at radius 1 is 1.11 bits per heavy atom. The highest BCUT2D eigenvalue weighted by Gasteiger charge is 2.61. The highest BCUT2D eigenvalue weighted by molar-refractivity contribution is 5.46. The second kappa shape index (κ2) is 7.38. The van der Waals surface area contributed by atoms with Gasteiger partial charge in [0.2, 0.25) is 0 Å². The zero-order valence-corrected chi connectivity index (χ0v) is 17.2. The number of fused-ring (bicyclic) bond motifs is 2. The van der Waals surface area contributed by atoms with Crippen LogP contribution in [-0.4, -0.2) is 61.5 Å². The van der Waals surface area contributed by atoms with Crippen LogP contribution >= 0.6 is 0 Å². The minimum absolute atomic E-state index is 0.276. The van der Waals surface area contributed by atoms with Crippen molar-refractivity contribution in [3.8, 4) is 0 Å². The molecule has 4 rings (SSSR count). The van der Waals surface area contributed by atoms with E-state index in [0.717, 1.165) is 38.6 Å². The molecule has 27 heavy (non-hydrogen) atoms. The number of hydrogen-bond donors (Lipinski definition) is 1. The maximum atomic E-state index is 10.5. The van der Waals surface area contributed by atoms with Gasteiger partial charge in [-0.05, 0) is 48.1 Å². The van der Waals surface area contributed by atoms with Gasteiger partial charge in [-0.25, -0.2) is 0 Å². The van der Waals surface area contributed by atoms with Gasteiger partial charge in [0.05, 0.1) is 18.8 Å². The van der Waals surface area contributed by atoms with Gasteiger partial charge in [0.25, 0.3) is 0 Å². The van der Waals surface area contributed by atoms with Gasteiger partial charge in [-0.15, -0.1) is 0 Å². The fourth-order valence-corrected chi connectivity index (χ4v) is 5.79. The van der Waals surface area contributed by atoms with Crippen LogP contribution in [0.5, 0.6) is 0 Å². The summed E-state index contributed by atoms with van der Waals surface area (Å²) in [5, 5.41) is 10.5. The molecular weight excluding hydrogens is 336 g/mol. The van der Waals surface area contributed by atoms with E-state index >= 15 is 0 Å². The molecule has 4 heteroatoms. The van der Waals surface area contributed by atoms with Crippen LogP contribution in [0.3, 0.4) is 0 Å². The molecule has 2 bridgehead atoms. The molecule has 1 saturated heterocycles. The fraction of sp³-hybridized carbons (Fsp3) is 0.739. The molecule has 1 aromatic carbocycles. The highest BCUT2D eigenvalue weighted by Crippen LogP contribution is 2.66. The van der Waals surface area contributed by atoms with Crippen molar-refractivity contribution in [1.82, 2.24) is 4.90 Å². The van der Waals surface area contributed by atoms with Crippen LogP contribution in [-0.2, 0) is 4.74 Å². The summed E-state index contributed by atoms with van der Waals surface area (Å²) in [7, 11) is 0. The van der Waals surface area contributed by atoms with Crippen molar-refractivity contribution >= 4 is 5.69 Å². The molecule has 0 amide bonds. The molecular formula is C23H36N2O2. The molecule has 3 fully saturated rings. The van der Waals surface area contributed by atoms with E-state index in [9.17, 15) is 5.11 Å².